The molecule has 3 unspecified atom stereocenters. The molecule has 1 aliphatic heterocycles. The molecular weight excluding hydrogens is 236 g/mol. The molecule has 0 saturated carbocycles. The summed E-state index contributed by atoms with van der Waals surface area (Å²) >= 11 is 0. The predicted octanol–water partition coefficient (Wildman–Crippen LogP) is -0.210. The number of carbonyl (C=O) groups is 2. The molecule has 1 heterocycles. The highest BCUT2D eigenvalue weighted by Gasteiger charge is 2.38. The van der Waals surface area contributed by atoms with Gasteiger partial charge < -0.3 is 15.2 Å². The largest absolute Gasteiger partial charge is 0.481 e. The fraction of sp³-hybridized carbons (Fsp3) is 0.833. The molecule has 0 bridgehead atoms. The molecule has 104 valence electrons. The molecule has 1 rings (SSSR count). The van der Waals surface area contributed by atoms with E-state index in [0.717, 1.165) is 0 Å². The maximum atomic E-state index is 11.8. The van der Waals surface area contributed by atoms with Crippen LogP contribution < -0.4 is 5.32 Å². The van der Waals surface area contributed by atoms with E-state index in [9.17, 15) is 9.59 Å². The van der Waals surface area contributed by atoms with Gasteiger partial charge in [-0.15, -0.1) is 0 Å². The first-order chi connectivity index (χ1) is 8.47. The number of hydrogen-bond donors (Lipinski definition) is 2. The average Bonchev–Trinajstić information content (AvgIpc) is 2.70. The van der Waals surface area contributed by atoms with Gasteiger partial charge in [0.15, 0.2) is 0 Å². The van der Waals surface area contributed by atoms with Crippen LogP contribution >= 0.6 is 0 Å². The molecule has 1 amide bonds. The quantitative estimate of drug-likeness (QED) is 0.645. The van der Waals surface area contributed by atoms with E-state index in [1.54, 1.807) is 14.0 Å². The van der Waals surface area contributed by atoms with Crippen LogP contribution in [0.25, 0.3) is 0 Å². The zero-order chi connectivity index (χ0) is 13.7. The first-order valence-electron chi connectivity index (χ1n) is 6.20. The molecule has 1 saturated heterocycles. The smallest absolute Gasteiger partial charge is 0.308 e. The molecule has 2 N–H and O–H groups in total. The van der Waals surface area contributed by atoms with Gasteiger partial charge in [-0.1, -0.05) is 6.92 Å². The van der Waals surface area contributed by atoms with Crippen molar-refractivity contribution in [1.29, 1.82) is 0 Å². The normalized spacial score (nSPS) is 25.9. The van der Waals surface area contributed by atoms with Gasteiger partial charge in [-0.2, -0.15) is 0 Å². The number of nitrogens with one attached hydrogen (secondary N) is 1. The van der Waals surface area contributed by atoms with Crippen LogP contribution in [0.2, 0.25) is 0 Å². The van der Waals surface area contributed by atoms with Crippen LogP contribution in [0.15, 0.2) is 0 Å². The number of likely N-dealkylation sites (tertiary alicyclic amines) is 1. The third-order valence-corrected chi connectivity index (χ3v) is 3.49. The van der Waals surface area contributed by atoms with Crippen molar-refractivity contribution < 1.29 is 19.4 Å². The van der Waals surface area contributed by atoms with Crippen molar-refractivity contribution in [1.82, 2.24) is 10.2 Å². The van der Waals surface area contributed by atoms with Gasteiger partial charge in [-0.3, -0.25) is 14.5 Å². The number of nitrogens with zero attached hydrogens (tertiary/aromatic N) is 1. The Hall–Kier alpha value is -1.14. The molecule has 3 atom stereocenters. The molecule has 0 aromatic heterocycles. The Kier molecular flexibility index (Phi) is 5.55. The van der Waals surface area contributed by atoms with Crippen molar-refractivity contribution in [2.75, 3.05) is 33.4 Å². The molecule has 0 aromatic carbocycles. The topological polar surface area (TPSA) is 78.9 Å². The Morgan fingerprint density at radius 2 is 2.17 bits per heavy atom. The van der Waals surface area contributed by atoms with E-state index in [1.165, 1.54) is 0 Å². The molecule has 1 aliphatic rings. The standard InChI is InChI=1S/C12H22N2O4/c1-8-6-14(7-10(8)12(16)17)9(2)11(15)13-4-5-18-3/h8-10H,4-7H2,1-3H3,(H,13,15)(H,16,17). The lowest BCUT2D eigenvalue weighted by molar-refractivity contribution is -0.142. The third-order valence-electron chi connectivity index (χ3n) is 3.49. The fourth-order valence-corrected chi connectivity index (χ4v) is 2.23. The molecule has 18 heavy (non-hydrogen) atoms. The highest BCUT2D eigenvalue weighted by Crippen LogP contribution is 2.24. The van der Waals surface area contributed by atoms with Crippen molar-refractivity contribution in [3.05, 3.63) is 0 Å². The second-order valence-electron chi connectivity index (χ2n) is 4.84. The summed E-state index contributed by atoms with van der Waals surface area (Å²) < 4.78 is 4.86. The van der Waals surface area contributed by atoms with Gasteiger partial charge in [0.1, 0.15) is 0 Å². The van der Waals surface area contributed by atoms with E-state index in [4.69, 9.17) is 9.84 Å². The summed E-state index contributed by atoms with van der Waals surface area (Å²) in [5.41, 5.74) is 0. The average molecular weight is 258 g/mol. The Balaban J connectivity index is 2.45. The highest BCUT2D eigenvalue weighted by atomic mass is 16.5. The minimum absolute atomic E-state index is 0.0784. The van der Waals surface area contributed by atoms with Crippen LogP contribution in [0.5, 0.6) is 0 Å². The van der Waals surface area contributed by atoms with E-state index in [2.05, 4.69) is 5.32 Å². The van der Waals surface area contributed by atoms with Crippen molar-refractivity contribution in [3.63, 3.8) is 0 Å². The zero-order valence-electron chi connectivity index (χ0n) is 11.2. The zero-order valence-corrected chi connectivity index (χ0v) is 11.2. The second kappa shape index (κ2) is 6.70. The lowest BCUT2D eigenvalue weighted by atomic mass is 9.99. The van der Waals surface area contributed by atoms with Crippen LogP contribution in [0.1, 0.15) is 13.8 Å². The predicted molar refractivity (Wildman–Crippen MR) is 66.2 cm³/mol. The van der Waals surface area contributed by atoms with E-state index in [0.29, 0.717) is 26.2 Å². The van der Waals surface area contributed by atoms with Crippen LogP contribution in [0.4, 0.5) is 0 Å². The molecule has 6 nitrogen and oxygen atoms in total. The summed E-state index contributed by atoms with van der Waals surface area (Å²) in [5.74, 6) is -1.15. The van der Waals surface area contributed by atoms with Crippen LogP contribution in [-0.2, 0) is 14.3 Å². The number of ether oxygens (including phenoxy) is 1. The Morgan fingerprint density at radius 1 is 1.50 bits per heavy atom. The molecule has 0 aromatic rings. The number of carboxylic acids is 1. The summed E-state index contributed by atoms with van der Waals surface area (Å²) in [7, 11) is 1.58. The SMILES string of the molecule is COCCNC(=O)C(C)N1CC(C)C(C(=O)O)C1. The fourth-order valence-electron chi connectivity index (χ4n) is 2.23. The number of carboxylic acid groups (broad SMARTS) is 1. The minimum atomic E-state index is -0.781. The first kappa shape index (κ1) is 14.9. The maximum Gasteiger partial charge on any atom is 0.308 e. The molecule has 0 aliphatic carbocycles. The molecular formula is C12H22N2O4. The van der Waals surface area contributed by atoms with Crippen LogP contribution in [0, 0.1) is 11.8 Å². The van der Waals surface area contributed by atoms with Gasteiger partial charge in [0.2, 0.25) is 5.91 Å². The number of hydrogen-bond acceptors (Lipinski definition) is 4. The summed E-state index contributed by atoms with van der Waals surface area (Å²) in [4.78, 5) is 24.8. The molecule has 6 heteroatoms. The Labute approximate surface area is 107 Å². The number of methoxy groups -OCH3 is 1. The Bertz CT molecular complexity index is 308. The van der Waals surface area contributed by atoms with Crippen LogP contribution in [0.3, 0.4) is 0 Å². The summed E-state index contributed by atoms with van der Waals surface area (Å²) in [5, 5.41) is 11.8. The number of amides is 1. The highest BCUT2D eigenvalue weighted by molar-refractivity contribution is 5.81. The number of aliphatic carboxylic acids is 1. The van der Waals surface area contributed by atoms with Gasteiger partial charge in [0.25, 0.3) is 0 Å². The van der Waals surface area contributed by atoms with Gasteiger partial charge in [0.05, 0.1) is 18.6 Å². The molecule has 0 radical (unpaired) electrons. The van der Waals surface area contributed by atoms with Gasteiger partial charge in [-0.25, -0.2) is 0 Å². The number of rotatable bonds is 6. The Morgan fingerprint density at radius 3 is 2.67 bits per heavy atom. The summed E-state index contributed by atoms with van der Waals surface area (Å²) in [6, 6.07) is -0.298. The van der Waals surface area contributed by atoms with E-state index < -0.39 is 5.97 Å². The number of carbonyl (C=O) groups excluding carboxylic acids is 1. The van der Waals surface area contributed by atoms with E-state index in [-0.39, 0.29) is 23.8 Å². The summed E-state index contributed by atoms with van der Waals surface area (Å²) in [6.07, 6.45) is 0. The van der Waals surface area contributed by atoms with Gasteiger partial charge in [0, 0.05) is 26.7 Å². The van der Waals surface area contributed by atoms with Crippen molar-refractivity contribution in [2.24, 2.45) is 11.8 Å². The monoisotopic (exact) mass is 258 g/mol. The lowest BCUT2D eigenvalue weighted by Gasteiger charge is -2.23. The van der Waals surface area contributed by atoms with Crippen molar-refractivity contribution in [3.8, 4) is 0 Å². The van der Waals surface area contributed by atoms with E-state index >= 15 is 0 Å². The molecule has 1 fully saturated rings. The second-order valence-corrected chi connectivity index (χ2v) is 4.84. The van der Waals surface area contributed by atoms with Crippen molar-refractivity contribution >= 4 is 11.9 Å². The summed E-state index contributed by atoms with van der Waals surface area (Å²) in [6.45, 7) is 5.76. The lowest BCUT2D eigenvalue weighted by Crippen LogP contribution is -2.45. The van der Waals surface area contributed by atoms with Crippen molar-refractivity contribution in [2.45, 2.75) is 19.9 Å². The minimum Gasteiger partial charge on any atom is -0.481 e. The van der Waals surface area contributed by atoms with Crippen LogP contribution in [-0.4, -0.2) is 61.3 Å². The van der Waals surface area contributed by atoms with E-state index in [1.807, 2.05) is 11.8 Å². The first-order valence-corrected chi connectivity index (χ1v) is 6.20. The molecule has 0 spiro atoms. The maximum absolute atomic E-state index is 11.8. The van der Waals surface area contributed by atoms with Gasteiger partial charge in [-0.05, 0) is 12.8 Å². The van der Waals surface area contributed by atoms with Gasteiger partial charge >= 0.3 is 5.97 Å². The third kappa shape index (κ3) is 3.68.